The highest BCUT2D eigenvalue weighted by atomic mass is 16.1. The van der Waals surface area contributed by atoms with E-state index in [2.05, 4.69) is 19.1 Å². The van der Waals surface area contributed by atoms with E-state index in [1.807, 2.05) is 6.08 Å². The zero-order chi connectivity index (χ0) is 11.9. The smallest absolute Gasteiger partial charge is 0.153 e. The lowest BCUT2D eigenvalue weighted by Crippen LogP contribution is -2.22. The van der Waals surface area contributed by atoms with Crippen LogP contribution >= 0.6 is 0 Å². The minimum atomic E-state index is -0.679. The molecule has 1 rings (SSSR count). The molecular weight excluding hydrogens is 198 g/mol. The Morgan fingerprint density at radius 2 is 2.25 bits per heavy atom. The van der Waals surface area contributed by atoms with Gasteiger partial charge in [-0.05, 0) is 32.1 Å². The lowest BCUT2D eigenvalue weighted by molar-refractivity contribution is -0.123. The van der Waals surface area contributed by atoms with Crippen LogP contribution in [0.15, 0.2) is 12.2 Å². The second-order valence-corrected chi connectivity index (χ2v) is 4.64. The van der Waals surface area contributed by atoms with Gasteiger partial charge in [-0.15, -0.1) is 0 Å². The third-order valence-electron chi connectivity index (χ3n) is 3.36. The number of carbonyl (C=O) groups is 1. The Kier molecular flexibility index (Phi) is 5.25. The first-order chi connectivity index (χ1) is 7.75. The molecule has 0 radical (unpaired) electrons. The van der Waals surface area contributed by atoms with Crippen LogP contribution in [0.1, 0.15) is 58.3 Å². The van der Waals surface area contributed by atoms with Crippen molar-refractivity contribution in [2.75, 3.05) is 0 Å². The lowest BCUT2D eigenvalue weighted by atomic mass is 9.83. The highest BCUT2D eigenvalue weighted by Gasteiger charge is 2.40. The van der Waals surface area contributed by atoms with Gasteiger partial charge in [0.15, 0.2) is 5.78 Å². The number of ketones is 1. The summed E-state index contributed by atoms with van der Waals surface area (Å²) >= 11 is 0. The second-order valence-electron chi connectivity index (χ2n) is 4.64. The summed E-state index contributed by atoms with van der Waals surface area (Å²) in [6, 6.07) is 2.23. The lowest BCUT2D eigenvalue weighted by Gasteiger charge is -2.15. The SMILES string of the molecule is CCCCC/C=C/CC1(C#N)CCCC1=O. The molecule has 0 heterocycles. The Morgan fingerprint density at radius 1 is 1.44 bits per heavy atom. The maximum Gasteiger partial charge on any atom is 0.153 e. The second kappa shape index (κ2) is 6.48. The first kappa shape index (κ1) is 13.0. The van der Waals surface area contributed by atoms with E-state index in [0.717, 1.165) is 19.3 Å². The van der Waals surface area contributed by atoms with E-state index in [1.54, 1.807) is 0 Å². The number of nitrogens with zero attached hydrogens (tertiary/aromatic N) is 1. The van der Waals surface area contributed by atoms with Crippen LogP contribution in [0.2, 0.25) is 0 Å². The van der Waals surface area contributed by atoms with Crippen molar-refractivity contribution in [3.8, 4) is 6.07 Å². The number of unbranched alkanes of at least 4 members (excludes halogenated alkanes) is 3. The third kappa shape index (κ3) is 3.20. The van der Waals surface area contributed by atoms with Gasteiger partial charge in [-0.25, -0.2) is 0 Å². The third-order valence-corrected chi connectivity index (χ3v) is 3.36. The number of hydrogen-bond acceptors (Lipinski definition) is 2. The molecule has 2 heteroatoms. The fraction of sp³-hybridized carbons (Fsp3) is 0.714. The van der Waals surface area contributed by atoms with E-state index in [4.69, 9.17) is 5.26 Å². The predicted molar refractivity (Wildman–Crippen MR) is 64.8 cm³/mol. The molecule has 0 aromatic carbocycles. The molecule has 0 aromatic rings. The van der Waals surface area contributed by atoms with Crippen molar-refractivity contribution < 1.29 is 4.79 Å². The van der Waals surface area contributed by atoms with Crippen molar-refractivity contribution in [2.24, 2.45) is 5.41 Å². The summed E-state index contributed by atoms with van der Waals surface area (Å²) in [4.78, 5) is 11.6. The summed E-state index contributed by atoms with van der Waals surface area (Å²) in [5.74, 6) is 0.146. The summed E-state index contributed by atoms with van der Waals surface area (Å²) in [7, 11) is 0. The van der Waals surface area contributed by atoms with Crippen molar-refractivity contribution in [1.82, 2.24) is 0 Å². The monoisotopic (exact) mass is 219 g/mol. The molecule has 1 unspecified atom stereocenters. The standard InChI is InChI=1S/C14H21NO/c1-2-3-4-5-6-7-10-14(12-15)11-8-9-13(14)16/h6-7H,2-5,8-11H2,1H3/b7-6+. The van der Waals surface area contributed by atoms with E-state index in [-0.39, 0.29) is 5.78 Å². The maximum absolute atomic E-state index is 11.6. The van der Waals surface area contributed by atoms with E-state index < -0.39 is 5.41 Å². The van der Waals surface area contributed by atoms with Gasteiger partial charge >= 0.3 is 0 Å². The van der Waals surface area contributed by atoms with Crippen molar-refractivity contribution >= 4 is 5.78 Å². The number of carbonyl (C=O) groups excluding carboxylic acids is 1. The zero-order valence-corrected chi connectivity index (χ0v) is 10.2. The van der Waals surface area contributed by atoms with Gasteiger partial charge in [-0.1, -0.05) is 31.9 Å². The van der Waals surface area contributed by atoms with Gasteiger partial charge < -0.3 is 0 Å². The average molecular weight is 219 g/mol. The number of nitriles is 1. The van der Waals surface area contributed by atoms with Gasteiger partial charge in [-0.3, -0.25) is 4.79 Å². The Hall–Kier alpha value is -1.10. The van der Waals surface area contributed by atoms with Gasteiger partial charge in [0.1, 0.15) is 5.41 Å². The Balaban J connectivity index is 2.35. The molecule has 0 saturated heterocycles. The maximum atomic E-state index is 11.6. The summed E-state index contributed by atoms with van der Waals surface area (Å²) in [5.41, 5.74) is -0.679. The summed E-state index contributed by atoms with van der Waals surface area (Å²) in [6.45, 7) is 2.19. The van der Waals surface area contributed by atoms with Crippen LogP contribution in [-0.4, -0.2) is 5.78 Å². The van der Waals surface area contributed by atoms with E-state index in [1.165, 1.54) is 19.3 Å². The van der Waals surface area contributed by atoms with Crippen LogP contribution in [0.3, 0.4) is 0 Å². The van der Waals surface area contributed by atoms with Crippen LogP contribution in [0.4, 0.5) is 0 Å². The first-order valence-electron chi connectivity index (χ1n) is 6.35. The van der Waals surface area contributed by atoms with Crippen molar-refractivity contribution in [3.05, 3.63) is 12.2 Å². The molecule has 0 N–H and O–H groups in total. The minimum Gasteiger partial charge on any atom is -0.298 e. The number of Topliss-reactive ketones (excluding diaryl/α,β-unsaturated/α-hetero) is 1. The van der Waals surface area contributed by atoms with Crippen LogP contribution in [0, 0.1) is 16.7 Å². The molecule has 2 nitrogen and oxygen atoms in total. The summed E-state index contributed by atoms with van der Waals surface area (Å²) < 4.78 is 0. The molecule has 0 aliphatic heterocycles. The molecule has 88 valence electrons. The highest BCUT2D eigenvalue weighted by Crippen LogP contribution is 2.37. The molecule has 1 saturated carbocycles. The Bertz CT molecular complexity index is 300. The largest absolute Gasteiger partial charge is 0.298 e. The van der Waals surface area contributed by atoms with E-state index in [0.29, 0.717) is 12.8 Å². The van der Waals surface area contributed by atoms with Crippen molar-refractivity contribution in [3.63, 3.8) is 0 Å². The van der Waals surface area contributed by atoms with Crippen LogP contribution < -0.4 is 0 Å². The van der Waals surface area contributed by atoms with Gasteiger partial charge in [-0.2, -0.15) is 5.26 Å². The quantitative estimate of drug-likeness (QED) is 0.504. The predicted octanol–water partition coefficient (Wildman–Crippen LogP) is 3.78. The Morgan fingerprint density at radius 3 is 2.81 bits per heavy atom. The average Bonchev–Trinajstić information content (AvgIpc) is 2.66. The van der Waals surface area contributed by atoms with Gasteiger partial charge in [0.05, 0.1) is 6.07 Å². The topological polar surface area (TPSA) is 40.9 Å². The summed E-state index contributed by atoms with van der Waals surface area (Å²) in [6.07, 6.45) is 11.8. The zero-order valence-electron chi connectivity index (χ0n) is 10.2. The highest BCUT2D eigenvalue weighted by molar-refractivity contribution is 5.89. The van der Waals surface area contributed by atoms with E-state index >= 15 is 0 Å². The number of rotatable bonds is 6. The molecule has 1 aliphatic rings. The minimum absolute atomic E-state index is 0.146. The van der Waals surface area contributed by atoms with Crippen LogP contribution in [0.5, 0.6) is 0 Å². The van der Waals surface area contributed by atoms with Crippen molar-refractivity contribution in [2.45, 2.75) is 58.3 Å². The fourth-order valence-corrected chi connectivity index (χ4v) is 2.22. The number of allylic oxidation sites excluding steroid dienone is 2. The molecule has 0 spiro atoms. The van der Waals surface area contributed by atoms with E-state index in [9.17, 15) is 4.79 Å². The van der Waals surface area contributed by atoms with Crippen LogP contribution in [0.25, 0.3) is 0 Å². The Labute approximate surface area is 98.3 Å². The molecule has 1 fully saturated rings. The molecule has 0 bridgehead atoms. The molecule has 1 aliphatic carbocycles. The molecule has 16 heavy (non-hydrogen) atoms. The normalized spacial score (nSPS) is 25.1. The fourth-order valence-electron chi connectivity index (χ4n) is 2.22. The molecule has 0 amide bonds. The molecular formula is C14H21NO. The van der Waals surface area contributed by atoms with Crippen molar-refractivity contribution in [1.29, 1.82) is 5.26 Å². The summed E-state index contributed by atoms with van der Waals surface area (Å²) in [5, 5.41) is 9.12. The molecule has 1 atom stereocenters. The van der Waals surface area contributed by atoms with Gasteiger partial charge in [0.25, 0.3) is 0 Å². The number of hydrogen-bond donors (Lipinski definition) is 0. The van der Waals surface area contributed by atoms with Crippen LogP contribution in [-0.2, 0) is 4.79 Å². The molecule has 0 aromatic heterocycles. The first-order valence-corrected chi connectivity index (χ1v) is 6.35. The van der Waals surface area contributed by atoms with Gasteiger partial charge in [0.2, 0.25) is 0 Å². The van der Waals surface area contributed by atoms with Gasteiger partial charge in [0, 0.05) is 6.42 Å².